The third-order valence-corrected chi connectivity index (χ3v) is 3.87. The molecule has 0 amide bonds. The summed E-state index contributed by atoms with van der Waals surface area (Å²) in [6, 6.07) is 10.4. The van der Waals surface area contributed by atoms with E-state index in [4.69, 9.17) is 15.2 Å². The number of rotatable bonds is 5. The topological polar surface area (TPSA) is 44.5 Å². The van der Waals surface area contributed by atoms with Gasteiger partial charge in [0.1, 0.15) is 17.3 Å². The van der Waals surface area contributed by atoms with E-state index in [-0.39, 0.29) is 11.9 Å². The van der Waals surface area contributed by atoms with E-state index in [1.54, 1.807) is 13.2 Å². The summed E-state index contributed by atoms with van der Waals surface area (Å²) in [6.07, 6.45) is 0.603. The van der Waals surface area contributed by atoms with Gasteiger partial charge in [0, 0.05) is 17.7 Å². The molecule has 0 fully saturated rings. The Morgan fingerprint density at radius 3 is 2.62 bits per heavy atom. The van der Waals surface area contributed by atoms with E-state index in [0.717, 1.165) is 16.9 Å². The fourth-order valence-corrected chi connectivity index (χ4v) is 2.53. The summed E-state index contributed by atoms with van der Waals surface area (Å²) in [5.74, 6) is 0.863. The number of benzene rings is 2. The van der Waals surface area contributed by atoms with Crippen molar-refractivity contribution < 1.29 is 13.9 Å². The SMILES string of the molecule is COc1cccc(CC(N)c2cc(Br)c(F)cc2OC)c1. The van der Waals surface area contributed by atoms with Crippen LogP contribution in [0, 0.1) is 5.82 Å². The Morgan fingerprint density at radius 1 is 1.19 bits per heavy atom. The monoisotopic (exact) mass is 353 g/mol. The second kappa shape index (κ2) is 6.91. The molecule has 0 heterocycles. The first-order valence-corrected chi connectivity index (χ1v) is 7.26. The lowest BCUT2D eigenvalue weighted by Gasteiger charge is -2.17. The van der Waals surface area contributed by atoms with Crippen LogP contribution in [0.4, 0.5) is 4.39 Å². The molecule has 0 saturated carbocycles. The molecule has 0 spiro atoms. The lowest BCUT2D eigenvalue weighted by Crippen LogP contribution is -2.15. The van der Waals surface area contributed by atoms with E-state index < -0.39 is 0 Å². The average molecular weight is 354 g/mol. The van der Waals surface area contributed by atoms with Crippen LogP contribution in [0.15, 0.2) is 40.9 Å². The molecule has 1 unspecified atom stereocenters. The highest BCUT2D eigenvalue weighted by molar-refractivity contribution is 9.10. The number of nitrogens with two attached hydrogens (primary N) is 1. The molecule has 2 aromatic carbocycles. The quantitative estimate of drug-likeness (QED) is 0.887. The summed E-state index contributed by atoms with van der Waals surface area (Å²) in [5, 5.41) is 0. The predicted molar refractivity (Wildman–Crippen MR) is 84.3 cm³/mol. The molecule has 2 rings (SSSR count). The average Bonchev–Trinajstić information content (AvgIpc) is 2.49. The molecular formula is C16H17BrFNO2. The second-order valence-corrected chi connectivity index (χ2v) is 5.52. The first-order valence-electron chi connectivity index (χ1n) is 6.46. The zero-order valence-electron chi connectivity index (χ0n) is 11.9. The molecule has 0 aromatic heterocycles. The molecule has 2 aromatic rings. The van der Waals surface area contributed by atoms with Crippen molar-refractivity contribution >= 4 is 15.9 Å². The van der Waals surface area contributed by atoms with Crippen molar-refractivity contribution in [2.45, 2.75) is 12.5 Å². The van der Waals surface area contributed by atoms with Gasteiger partial charge < -0.3 is 15.2 Å². The molecule has 0 aliphatic carbocycles. The van der Waals surface area contributed by atoms with Gasteiger partial charge in [-0.15, -0.1) is 0 Å². The summed E-state index contributed by atoms with van der Waals surface area (Å²) in [7, 11) is 3.13. The summed E-state index contributed by atoms with van der Waals surface area (Å²) in [5.41, 5.74) is 8.05. The fourth-order valence-electron chi connectivity index (χ4n) is 2.17. The first kappa shape index (κ1) is 15.8. The van der Waals surface area contributed by atoms with Gasteiger partial charge in [0.25, 0.3) is 0 Å². The zero-order chi connectivity index (χ0) is 15.4. The summed E-state index contributed by atoms with van der Waals surface area (Å²) >= 11 is 3.18. The molecule has 0 bridgehead atoms. The third-order valence-electron chi connectivity index (χ3n) is 3.26. The normalized spacial score (nSPS) is 12.0. The Labute approximate surface area is 132 Å². The van der Waals surface area contributed by atoms with Gasteiger partial charge in [0.2, 0.25) is 0 Å². The highest BCUT2D eigenvalue weighted by Crippen LogP contribution is 2.31. The molecule has 2 N–H and O–H groups in total. The van der Waals surface area contributed by atoms with Crippen LogP contribution in [-0.2, 0) is 6.42 Å². The highest BCUT2D eigenvalue weighted by Gasteiger charge is 2.16. The molecule has 5 heteroatoms. The van der Waals surface area contributed by atoms with Gasteiger partial charge in [0.15, 0.2) is 0 Å². The lowest BCUT2D eigenvalue weighted by atomic mass is 9.98. The smallest absolute Gasteiger partial charge is 0.141 e. The Hall–Kier alpha value is -1.59. The maximum Gasteiger partial charge on any atom is 0.141 e. The van der Waals surface area contributed by atoms with Crippen LogP contribution in [0.1, 0.15) is 17.2 Å². The van der Waals surface area contributed by atoms with Crippen molar-refractivity contribution in [2.24, 2.45) is 5.73 Å². The fraction of sp³-hybridized carbons (Fsp3) is 0.250. The minimum atomic E-state index is -0.371. The minimum Gasteiger partial charge on any atom is -0.497 e. The highest BCUT2D eigenvalue weighted by atomic mass is 79.9. The van der Waals surface area contributed by atoms with E-state index >= 15 is 0 Å². The van der Waals surface area contributed by atoms with Crippen LogP contribution >= 0.6 is 15.9 Å². The molecular weight excluding hydrogens is 337 g/mol. The van der Waals surface area contributed by atoms with Crippen LogP contribution < -0.4 is 15.2 Å². The van der Waals surface area contributed by atoms with Crippen molar-refractivity contribution in [1.29, 1.82) is 0 Å². The van der Waals surface area contributed by atoms with E-state index in [9.17, 15) is 4.39 Å². The molecule has 0 aliphatic heterocycles. The van der Waals surface area contributed by atoms with Crippen molar-refractivity contribution in [3.63, 3.8) is 0 Å². The van der Waals surface area contributed by atoms with Gasteiger partial charge in [-0.2, -0.15) is 0 Å². The second-order valence-electron chi connectivity index (χ2n) is 4.67. The molecule has 21 heavy (non-hydrogen) atoms. The Balaban J connectivity index is 2.27. The van der Waals surface area contributed by atoms with Crippen LogP contribution in [0.25, 0.3) is 0 Å². The van der Waals surface area contributed by atoms with Crippen LogP contribution in [0.3, 0.4) is 0 Å². The predicted octanol–water partition coefficient (Wildman–Crippen LogP) is 3.85. The Morgan fingerprint density at radius 2 is 1.95 bits per heavy atom. The molecule has 0 aliphatic rings. The van der Waals surface area contributed by atoms with Crippen molar-refractivity contribution in [1.82, 2.24) is 0 Å². The Kier molecular flexibility index (Phi) is 5.20. The Bertz CT molecular complexity index is 634. The van der Waals surface area contributed by atoms with Crippen LogP contribution in [0.2, 0.25) is 0 Å². The standard InChI is InChI=1S/C16H17BrFNO2/c1-20-11-5-3-4-10(6-11)7-15(19)12-8-13(17)14(18)9-16(12)21-2/h3-6,8-9,15H,7,19H2,1-2H3. The summed E-state index contributed by atoms with van der Waals surface area (Å²) in [4.78, 5) is 0. The number of methoxy groups -OCH3 is 2. The van der Waals surface area contributed by atoms with Gasteiger partial charge in [-0.1, -0.05) is 12.1 Å². The third kappa shape index (κ3) is 3.74. The molecule has 0 radical (unpaired) electrons. The van der Waals surface area contributed by atoms with Gasteiger partial charge in [-0.3, -0.25) is 0 Å². The lowest BCUT2D eigenvalue weighted by molar-refractivity contribution is 0.401. The van der Waals surface area contributed by atoms with Gasteiger partial charge >= 0.3 is 0 Å². The first-order chi connectivity index (χ1) is 10.0. The van der Waals surface area contributed by atoms with Crippen molar-refractivity contribution in [3.8, 4) is 11.5 Å². The largest absolute Gasteiger partial charge is 0.497 e. The maximum absolute atomic E-state index is 13.6. The number of hydrogen-bond acceptors (Lipinski definition) is 3. The molecule has 1 atom stereocenters. The number of hydrogen-bond donors (Lipinski definition) is 1. The van der Waals surface area contributed by atoms with Crippen LogP contribution in [0.5, 0.6) is 11.5 Å². The van der Waals surface area contributed by atoms with Gasteiger partial charge in [-0.25, -0.2) is 4.39 Å². The summed E-state index contributed by atoms with van der Waals surface area (Å²) in [6.45, 7) is 0. The van der Waals surface area contributed by atoms with E-state index in [0.29, 0.717) is 16.6 Å². The van der Waals surface area contributed by atoms with E-state index in [1.807, 2.05) is 24.3 Å². The number of halogens is 2. The summed E-state index contributed by atoms with van der Waals surface area (Å²) < 4.78 is 24.3. The molecule has 0 saturated heterocycles. The van der Waals surface area contributed by atoms with Crippen LogP contribution in [-0.4, -0.2) is 14.2 Å². The van der Waals surface area contributed by atoms with Gasteiger partial charge in [0.05, 0.1) is 18.7 Å². The van der Waals surface area contributed by atoms with E-state index in [1.165, 1.54) is 13.2 Å². The van der Waals surface area contributed by atoms with Crippen molar-refractivity contribution in [3.05, 3.63) is 57.8 Å². The minimum absolute atomic E-state index is 0.302. The zero-order valence-corrected chi connectivity index (χ0v) is 13.5. The maximum atomic E-state index is 13.6. The molecule has 112 valence electrons. The van der Waals surface area contributed by atoms with Crippen molar-refractivity contribution in [2.75, 3.05) is 14.2 Å². The van der Waals surface area contributed by atoms with Gasteiger partial charge in [-0.05, 0) is 46.1 Å². The number of ether oxygens (including phenoxy) is 2. The molecule has 3 nitrogen and oxygen atoms in total. The van der Waals surface area contributed by atoms with E-state index in [2.05, 4.69) is 15.9 Å².